The minimum absolute atomic E-state index is 0.0195. The van der Waals surface area contributed by atoms with Crippen molar-refractivity contribution in [1.82, 2.24) is 20.2 Å². The highest BCUT2D eigenvalue weighted by atomic mass is 16.2. The summed E-state index contributed by atoms with van der Waals surface area (Å²) >= 11 is 0. The largest absolute Gasteiger partial charge is 0.369 e. The number of benzene rings is 1. The van der Waals surface area contributed by atoms with Crippen LogP contribution in [0.1, 0.15) is 45.5 Å². The number of amides is 6. The lowest BCUT2D eigenvalue weighted by Gasteiger charge is -2.32. The van der Waals surface area contributed by atoms with E-state index in [-0.39, 0.29) is 35.9 Å². The molecule has 0 atom stereocenters. The van der Waals surface area contributed by atoms with Crippen LogP contribution < -0.4 is 11.1 Å². The topological polar surface area (TPSA) is 133 Å². The fraction of sp³-hybridized carbons (Fsp3) is 0.421. The van der Waals surface area contributed by atoms with E-state index in [1.807, 2.05) is 0 Å². The standard InChI is InChI=1S/C19H21N5O5/c20-16(26)12-3-6-22(7-4-12)10-11-1-2-13-14(9-11)18(28)24(17(13)27)23-8-5-15(25)21-19(23)29/h1-2,9,12H,3-8,10H2,(H2,20,26)(H,21,25,29). The van der Waals surface area contributed by atoms with Gasteiger partial charge >= 0.3 is 6.03 Å². The second-order valence-electron chi connectivity index (χ2n) is 7.48. The number of fused-ring (bicyclic) bond motifs is 1. The second kappa shape index (κ2) is 7.28. The van der Waals surface area contributed by atoms with Crippen molar-refractivity contribution in [2.24, 2.45) is 11.7 Å². The fourth-order valence-corrected chi connectivity index (χ4v) is 3.97. The third-order valence-electron chi connectivity index (χ3n) is 5.60. The van der Waals surface area contributed by atoms with Crippen LogP contribution in [0.4, 0.5) is 4.79 Å². The van der Waals surface area contributed by atoms with Crippen molar-refractivity contribution in [3.05, 3.63) is 34.9 Å². The molecule has 3 aliphatic heterocycles. The number of hydrogen-bond acceptors (Lipinski definition) is 6. The maximum Gasteiger partial charge on any atom is 0.343 e. The molecular formula is C19H21N5O5. The van der Waals surface area contributed by atoms with E-state index in [9.17, 15) is 24.0 Å². The number of rotatable bonds is 4. The van der Waals surface area contributed by atoms with Crippen molar-refractivity contribution >= 4 is 29.7 Å². The minimum Gasteiger partial charge on any atom is -0.369 e. The van der Waals surface area contributed by atoms with E-state index < -0.39 is 23.8 Å². The SMILES string of the molecule is NC(=O)C1CCN(Cc2ccc3c(c2)C(=O)N(N2CCC(=O)NC2=O)C3=O)CC1. The average Bonchev–Trinajstić information content (AvgIpc) is 2.93. The molecule has 2 saturated heterocycles. The molecule has 0 aliphatic carbocycles. The number of imide groups is 2. The molecule has 6 amide bonds. The van der Waals surface area contributed by atoms with E-state index in [0.29, 0.717) is 19.4 Å². The van der Waals surface area contributed by atoms with Gasteiger partial charge in [-0.2, -0.15) is 5.01 Å². The van der Waals surface area contributed by atoms with Crippen molar-refractivity contribution < 1.29 is 24.0 Å². The summed E-state index contributed by atoms with van der Waals surface area (Å²) in [5.41, 5.74) is 6.70. The molecule has 2 fully saturated rings. The molecule has 0 radical (unpaired) electrons. The van der Waals surface area contributed by atoms with Gasteiger partial charge in [-0.05, 0) is 43.6 Å². The van der Waals surface area contributed by atoms with Gasteiger partial charge in [0.15, 0.2) is 0 Å². The number of piperidine rings is 1. The first-order chi connectivity index (χ1) is 13.8. The number of hydrazine groups is 1. The lowest BCUT2D eigenvalue weighted by Crippen LogP contribution is -2.58. The Hall–Kier alpha value is -3.27. The molecule has 0 unspecified atom stereocenters. The number of nitrogens with two attached hydrogens (primary N) is 1. The van der Waals surface area contributed by atoms with Crippen LogP contribution in [0.5, 0.6) is 0 Å². The summed E-state index contributed by atoms with van der Waals surface area (Å²) in [5, 5.41) is 3.89. The van der Waals surface area contributed by atoms with Gasteiger partial charge in [0.1, 0.15) is 0 Å². The summed E-state index contributed by atoms with van der Waals surface area (Å²) in [5.74, 6) is -1.96. The fourth-order valence-electron chi connectivity index (χ4n) is 3.97. The first-order valence-corrected chi connectivity index (χ1v) is 9.50. The molecule has 1 aromatic carbocycles. The molecule has 0 spiro atoms. The monoisotopic (exact) mass is 399 g/mol. The van der Waals surface area contributed by atoms with Crippen molar-refractivity contribution in [2.45, 2.75) is 25.8 Å². The lowest BCUT2D eigenvalue weighted by molar-refractivity contribution is -0.123. The van der Waals surface area contributed by atoms with Crippen molar-refractivity contribution in [3.8, 4) is 0 Å². The van der Waals surface area contributed by atoms with Gasteiger partial charge in [0.2, 0.25) is 11.8 Å². The quantitative estimate of drug-likeness (QED) is 0.676. The van der Waals surface area contributed by atoms with Crippen LogP contribution in [0.25, 0.3) is 0 Å². The molecule has 10 nitrogen and oxygen atoms in total. The number of primary amides is 1. The minimum atomic E-state index is -0.784. The Labute approximate surface area is 166 Å². The Morgan fingerprint density at radius 3 is 2.38 bits per heavy atom. The van der Waals surface area contributed by atoms with E-state index >= 15 is 0 Å². The Morgan fingerprint density at radius 2 is 1.72 bits per heavy atom. The van der Waals surface area contributed by atoms with Gasteiger partial charge in [-0.3, -0.25) is 29.4 Å². The number of nitrogens with one attached hydrogen (secondary N) is 1. The third-order valence-corrected chi connectivity index (χ3v) is 5.60. The predicted octanol–water partition coefficient (Wildman–Crippen LogP) is -0.163. The number of nitrogens with zero attached hydrogens (tertiary/aromatic N) is 3. The zero-order chi connectivity index (χ0) is 20.7. The summed E-state index contributed by atoms with van der Waals surface area (Å²) in [4.78, 5) is 62.3. The average molecular weight is 399 g/mol. The molecule has 4 rings (SSSR count). The molecule has 29 heavy (non-hydrogen) atoms. The summed E-state index contributed by atoms with van der Waals surface area (Å²) in [7, 11) is 0. The molecule has 152 valence electrons. The molecular weight excluding hydrogens is 378 g/mol. The van der Waals surface area contributed by atoms with E-state index in [4.69, 9.17) is 5.73 Å². The van der Waals surface area contributed by atoms with Crippen LogP contribution in [0.15, 0.2) is 18.2 Å². The van der Waals surface area contributed by atoms with Crippen LogP contribution in [0, 0.1) is 5.92 Å². The predicted molar refractivity (Wildman–Crippen MR) is 99.0 cm³/mol. The van der Waals surface area contributed by atoms with E-state index in [2.05, 4.69) is 10.2 Å². The normalized spacial score (nSPS) is 20.8. The van der Waals surface area contributed by atoms with E-state index in [1.54, 1.807) is 18.2 Å². The van der Waals surface area contributed by atoms with Crippen LogP contribution in [-0.2, 0) is 16.1 Å². The Balaban J connectivity index is 1.48. The van der Waals surface area contributed by atoms with Gasteiger partial charge in [0.25, 0.3) is 11.8 Å². The third kappa shape index (κ3) is 3.46. The van der Waals surface area contributed by atoms with E-state index in [1.165, 1.54) is 0 Å². The van der Waals surface area contributed by atoms with Gasteiger partial charge in [0.05, 0.1) is 17.7 Å². The maximum atomic E-state index is 12.8. The number of urea groups is 1. The lowest BCUT2D eigenvalue weighted by atomic mass is 9.96. The van der Waals surface area contributed by atoms with E-state index in [0.717, 1.165) is 28.7 Å². The zero-order valence-corrected chi connectivity index (χ0v) is 15.7. The van der Waals surface area contributed by atoms with Crippen molar-refractivity contribution in [1.29, 1.82) is 0 Å². The van der Waals surface area contributed by atoms with Gasteiger partial charge in [0, 0.05) is 18.9 Å². The number of carbonyl (C=O) groups is 5. The molecule has 3 heterocycles. The Kier molecular flexibility index (Phi) is 4.79. The van der Waals surface area contributed by atoms with Crippen LogP contribution in [0.3, 0.4) is 0 Å². The molecule has 3 aliphatic rings. The molecule has 0 bridgehead atoms. The molecule has 0 saturated carbocycles. The van der Waals surface area contributed by atoms with Crippen LogP contribution in [-0.4, -0.2) is 64.2 Å². The van der Waals surface area contributed by atoms with Gasteiger partial charge in [-0.25, -0.2) is 9.80 Å². The molecule has 0 aromatic heterocycles. The summed E-state index contributed by atoms with van der Waals surface area (Å²) in [6, 6.07) is 4.26. The highest BCUT2D eigenvalue weighted by Crippen LogP contribution is 2.27. The summed E-state index contributed by atoms with van der Waals surface area (Å²) in [6.45, 7) is 2.01. The Bertz CT molecular complexity index is 922. The van der Waals surface area contributed by atoms with Crippen molar-refractivity contribution in [2.75, 3.05) is 19.6 Å². The first-order valence-electron chi connectivity index (χ1n) is 9.50. The number of likely N-dealkylation sites (tertiary alicyclic amines) is 1. The second-order valence-corrected chi connectivity index (χ2v) is 7.48. The number of hydrogen-bond donors (Lipinski definition) is 2. The number of carbonyl (C=O) groups excluding carboxylic acids is 5. The maximum absolute atomic E-state index is 12.8. The summed E-state index contributed by atoms with van der Waals surface area (Å²) in [6.07, 6.45) is 1.42. The molecule has 3 N–H and O–H groups in total. The highest BCUT2D eigenvalue weighted by Gasteiger charge is 2.43. The van der Waals surface area contributed by atoms with Gasteiger partial charge in [-0.15, -0.1) is 0 Å². The smallest absolute Gasteiger partial charge is 0.343 e. The molecule has 1 aromatic rings. The molecule has 10 heteroatoms. The van der Waals surface area contributed by atoms with Gasteiger partial charge < -0.3 is 5.73 Å². The Morgan fingerprint density at radius 1 is 1.03 bits per heavy atom. The van der Waals surface area contributed by atoms with Gasteiger partial charge in [-0.1, -0.05) is 6.07 Å². The van der Waals surface area contributed by atoms with Crippen LogP contribution in [0.2, 0.25) is 0 Å². The summed E-state index contributed by atoms with van der Waals surface area (Å²) < 4.78 is 0. The van der Waals surface area contributed by atoms with Crippen molar-refractivity contribution in [3.63, 3.8) is 0 Å². The zero-order valence-electron chi connectivity index (χ0n) is 15.7. The highest BCUT2D eigenvalue weighted by molar-refractivity contribution is 6.22. The van der Waals surface area contributed by atoms with Crippen LogP contribution >= 0.6 is 0 Å². The first kappa shape index (κ1) is 19.1.